The number of rotatable bonds is 7. The van der Waals surface area contributed by atoms with Crippen LogP contribution in [0.2, 0.25) is 0 Å². The molecule has 0 heterocycles. The lowest BCUT2D eigenvalue weighted by molar-refractivity contribution is -0.137. The lowest BCUT2D eigenvalue weighted by Gasteiger charge is -2.11. The van der Waals surface area contributed by atoms with E-state index in [-0.39, 0.29) is 12.6 Å². The second kappa shape index (κ2) is 8.76. The zero-order valence-electron chi connectivity index (χ0n) is 13.1. The van der Waals surface area contributed by atoms with Crippen LogP contribution in [-0.2, 0) is 22.7 Å². The van der Waals surface area contributed by atoms with Gasteiger partial charge in [-0.2, -0.15) is 0 Å². The molecule has 0 aromatic heterocycles. The molecular formula is C19H20O4. The first-order valence-corrected chi connectivity index (χ1v) is 7.48. The van der Waals surface area contributed by atoms with E-state index in [0.29, 0.717) is 24.5 Å². The molecule has 0 radical (unpaired) electrons. The summed E-state index contributed by atoms with van der Waals surface area (Å²) in [6, 6.07) is 15.2. The number of ether oxygens (including phenoxy) is 2. The maximum absolute atomic E-state index is 11.3. The van der Waals surface area contributed by atoms with Crippen LogP contribution >= 0.6 is 0 Å². The highest BCUT2D eigenvalue weighted by molar-refractivity contribution is 5.87. The van der Waals surface area contributed by atoms with Gasteiger partial charge in [0.25, 0.3) is 0 Å². The van der Waals surface area contributed by atoms with Crippen molar-refractivity contribution in [1.82, 2.24) is 0 Å². The van der Waals surface area contributed by atoms with E-state index in [2.05, 4.69) is 0 Å². The average Bonchev–Trinajstić information content (AvgIpc) is 2.59. The normalized spacial score (nSPS) is 10.7. The summed E-state index contributed by atoms with van der Waals surface area (Å²) in [4.78, 5) is 11.3. The van der Waals surface area contributed by atoms with Crippen LogP contribution in [0.15, 0.2) is 54.6 Å². The number of benzene rings is 2. The molecule has 23 heavy (non-hydrogen) atoms. The van der Waals surface area contributed by atoms with Crippen LogP contribution in [0.25, 0.3) is 6.08 Å². The third-order valence-corrected chi connectivity index (χ3v) is 3.19. The highest BCUT2D eigenvalue weighted by atomic mass is 16.5. The van der Waals surface area contributed by atoms with E-state index in [9.17, 15) is 9.90 Å². The smallest absolute Gasteiger partial charge is 0.330 e. The van der Waals surface area contributed by atoms with Gasteiger partial charge in [-0.25, -0.2) is 4.79 Å². The molecule has 0 saturated heterocycles. The van der Waals surface area contributed by atoms with Crippen molar-refractivity contribution < 1.29 is 19.4 Å². The van der Waals surface area contributed by atoms with E-state index in [4.69, 9.17) is 9.47 Å². The molecule has 1 N–H and O–H groups in total. The standard InChI is InChI=1S/C19H20O4/c1-2-22-19(21)11-9-15-8-10-18(17(12-15)13-20)23-14-16-6-4-3-5-7-16/h3-12,20H,2,13-14H2,1H3. The Kier molecular flexibility index (Phi) is 6.39. The van der Waals surface area contributed by atoms with Crippen LogP contribution in [0.3, 0.4) is 0 Å². The monoisotopic (exact) mass is 312 g/mol. The Morgan fingerprint density at radius 3 is 2.65 bits per heavy atom. The Morgan fingerprint density at radius 1 is 1.17 bits per heavy atom. The zero-order valence-corrected chi connectivity index (χ0v) is 13.1. The maximum atomic E-state index is 11.3. The quantitative estimate of drug-likeness (QED) is 0.629. The molecule has 4 nitrogen and oxygen atoms in total. The zero-order chi connectivity index (χ0) is 16.5. The molecule has 0 bridgehead atoms. The van der Waals surface area contributed by atoms with Crippen molar-refractivity contribution in [3.63, 3.8) is 0 Å². The molecule has 0 fully saturated rings. The summed E-state index contributed by atoms with van der Waals surface area (Å²) >= 11 is 0. The van der Waals surface area contributed by atoms with Crippen LogP contribution in [-0.4, -0.2) is 17.7 Å². The number of aliphatic hydroxyl groups is 1. The Hall–Kier alpha value is -2.59. The molecule has 120 valence electrons. The average molecular weight is 312 g/mol. The van der Waals surface area contributed by atoms with Gasteiger partial charge in [0.2, 0.25) is 0 Å². The first kappa shape index (κ1) is 16.8. The highest BCUT2D eigenvalue weighted by Gasteiger charge is 2.05. The lowest BCUT2D eigenvalue weighted by Crippen LogP contribution is -2.00. The first-order chi connectivity index (χ1) is 11.2. The number of hydrogen-bond acceptors (Lipinski definition) is 4. The third-order valence-electron chi connectivity index (χ3n) is 3.19. The van der Waals surface area contributed by atoms with Gasteiger partial charge in [0.05, 0.1) is 13.2 Å². The van der Waals surface area contributed by atoms with Crippen molar-refractivity contribution in [3.8, 4) is 5.75 Å². The van der Waals surface area contributed by atoms with E-state index in [1.54, 1.807) is 25.1 Å². The number of hydrogen-bond donors (Lipinski definition) is 1. The summed E-state index contributed by atoms with van der Waals surface area (Å²) in [5.41, 5.74) is 2.53. The molecule has 2 aromatic rings. The van der Waals surface area contributed by atoms with Crippen LogP contribution < -0.4 is 4.74 Å². The molecule has 0 unspecified atom stereocenters. The number of aliphatic hydroxyl groups excluding tert-OH is 1. The lowest BCUT2D eigenvalue weighted by atomic mass is 10.1. The molecule has 0 saturated carbocycles. The third kappa shape index (κ3) is 5.27. The molecule has 0 spiro atoms. The topological polar surface area (TPSA) is 55.8 Å². The number of esters is 1. The van der Waals surface area contributed by atoms with E-state index < -0.39 is 0 Å². The fraction of sp³-hybridized carbons (Fsp3) is 0.211. The molecule has 4 heteroatoms. The van der Waals surface area contributed by atoms with Gasteiger partial charge in [0.15, 0.2) is 0 Å². The Morgan fingerprint density at radius 2 is 1.96 bits per heavy atom. The van der Waals surface area contributed by atoms with Crippen molar-refractivity contribution in [2.24, 2.45) is 0 Å². The van der Waals surface area contributed by atoms with Gasteiger partial charge in [-0.1, -0.05) is 36.4 Å². The van der Waals surface area contributed by atoms with Crippen LogP contribution in [0.5, 0.6) is 5.75 Å². The summed E-state index contributed by atoms with van der Waals surface area (Å²) in [6.07, 6.45) is 3.02. The van der Waals surface area contributed by atoms with Crippen molar-refractivity contribution in [2.45, 2.75) is 20.1 Å². The van der Waals surface area contributed by atoms with Crippen molar-refractivity contribution in [1.29, 1.82) is 0 Å². The second-order valence-corrected chi connectivity index (χ2v) is 4.88. The summed E-state index contributed by atoms with van der Waals surface area (Å²) in [5, 5.41) is 9.51. The molecule has 0 atom stereocenters. The SMILES string of the molecule is CCOC(=O)C=Cc1ccc(OCc2ccccc2)c(CO)c1. The Balaban J connectivity index is 2.05. The van der Waals surface area contributed by atoms with E-state index >= 15 is 0 Å². The van der Waals surface area contributed by atoms with E-state index in [1.165, 1.54) is 6.08 Å². The summed E-state index contributed by atoms with van der Waals surface area (Å²) in [6.45, 7) is 2.41. The maximum Gasteiger partial charge on any atom is 0.330 e. The van der Waals surface area contributed by atoms with Crippen molar-refractivity contribution in [2.75, 3.05) is 6.61 Å². The summed E-state index contributed by atoms with van der Waals surface area (Å²) in [7, 11) is 0. The predicted octanol–water partition coefficient (Wildman–Crippen LogP) is 3.33. The summed E-state index contributed by atoms with van der Waals surface area (Å²) in [5.74, 6) is 0.243. The molecule has 0 amide bonds. The van der Waals surface area contributed by atoms with Gasteiger partial charge in [0, 0.05) is 11.6 Å². The molecule has 0 aliphatic heterocycles. The summed E-state index contributed by atoms with van der Waals surface area (Å²) < 4.78 is 10.6. The van der Waals surface area contributed by atoms with E-state index in [0.717, 1.165) is 11.1 Å². The fourth-order valence-corrected chi connectivity index (χ4v) is 2.06. The van der Waals surface area contributed by atoms with Gasteiger partial charge in [-0.15, -0.1) is 0 Å². The Labute approximate surface area is 136 Å². The van der Waals surface area contributed by atoms with Crippen LogP contribution in [0, 0.1) is 0 Å². The largest absolute Gasteiger partial charge is 0.489 e. The van der Waals surface area contributed by atoms with Gasteiger partial charge >= 0.3 is 5.97 Å². The fourth-order valence-electron chi connectivity index (χ4n) is 2.06. The first-order valence-electron chi connectivity index (χ1n) is 7.48. The number of carbonyl (C=O) groups excluding carboxylic acids is 1. The molecule has 0 aliphatic rings. The second-order valence-electron chi connectivity index (χ2n) is 4.88. The minimum Gasteiger partial charge on any atom is -0.489 e. The van der Waals surface area contributed by atoms with Crippen molar-refractivity contribution >= 4 is 12.0 Å². The van der Waals surface area contributed by atoms with Gasteiger partial charge in [0.1, 0.15) is 12.4 Å². The predicted molar refractivity (Wildman–Crippen MR) is 88.8 cm³/mol. The Bertz CT molecular complexity index is 662. The minimum absolute atomic E-state index is 0.134. The van der Waals surface area contributed by atoms with Crippen LogP contribution in [0.4, 0.5) is 0 Å². The van der Waals surface area contributed by atoms with Gasteiger partial charge < -0.3 is 14.6 Å². The molecule has 0 aliphatic carbocycles. The molecule has 2 rings (SSSR count). The van der Waals surface area contributed by atoms with E-state index in [1.807, 2.05) is 36.4 Å². The van der Waals surface area contributed by atoms with Crippen LogP contribution in [0.1, 0.15) is 23.6 Å². The highest BCUT2D eigenvalue weighted by Crippen LogP contribution is 2.22. The molecular weight excluding hydrogens is 292 g/mol. The molecule has 2 aromatic carbocycles. The van der Waals surface area contributed by atoms with Gasteiger partial charge in [-0.3, -0.25) is 0 Å². The minimum atomic E-state index is -0.387. The van der Waals surface area contributed by atoms with Crippen molar-refractivity contribution in [3.05, 3.63) is 71.3 Å². The van der Waals surface area contributed by atoms with Gasteiger partial charge in [-0.05, 0) is 36.3 Å². The number of carbonyl (C=O) groups is 1.